The molecule has 5 nitrogen and oxygen atoms in total. The van der Waals surface area contributed by atoms with Gasteiger partial charge in [-0.05, 0) is 44.2 Å². The van der Waals surface area contributed by atoms with Gasteiger partial charge in [0.05, 0.1) is 23.7 Å². The summed E-state index contributed by atoms with van der Waals surface area (Å²) in [5, 5.41) is 1.05. The first-order chi connectivity index (χ1) is 13.5. The van der Waals surface area contributed by atoms with E-state index in [9.17, 15) is 4.79 Å². The van der Waals surface area contributed by atoms with E-state index in [1.165, 1.54) is 0 Å². The van der Waals surface area contributed by atoms with Gasteiger partial charge in [0.1, 0.15) is 18.9 Å². The lowest BCUT2D eigenvalue weighted by Crippen LogP contribution is -2.35. The molecule has 0 N–H and O–H groups in total. The number of esters is 1. The highest BCUT2D eigenvalue weighted by Crippen LogP contribution is 2.27. The molecular weight excluding hydrogens is 399 g/mol. The van der Waals surface area contributed by atoms with Gasteiger partial charge in [-0.3, -0.25) is 0 Å². The number of ether oxygens (including phenoxy) is 2. The highest BCUT2D eigenvalue weighted by Gasteiger charge is 2.22. The van der Waals surface area contributed by atoms with E-state index >= 15 is 0 Å². The molecule has 0 fully saturated rings. The van der Waals surface area contributed by atoms with Gasteiger partial charge in [0, 0.05) is 18.0 Å². The second-order valence-corrected chi connectivity index (χ2v) is 7.13. The number of carbonyl (C=O) groups is 1. The van der Waals surface area contributed by atoms with Gasteiger partial charge in [-0.2, -0.15) is 0 Å². The lowest BCUT2D eigenvalue weighted by atomic mass is 10.2. The minimum atomic E-state index is -0.318. The molecule has 2 aromatic carbocycles. The number of aryl methyl sites for hydroxylation is 1. The van der Waals surface area contributed by atoms with Crippen LogP contribution in [0.4, 0.5) is 0 Å². The quantitative estimate of drug-likeness (QED) is 0.405. The molecule has 0 aliphatic rings. The van der Waals surface area contributed by atoms with Crippen LogP contribution in [0.1, 0.15) is 30.0 Å². The molecule has 0 unspecified atom stereocenters. The first-order valence-corrected chi connectivity index (χ1v) is 9.99. The van der Waals surface area contributed by atoms with E-state index in [-0.39, 0.29) is 5.97 Å². The number of carbonyl (C=O) groups excluding carboxylic acids is 1. The van der Waals surface area contributed by atoms with Crippen LogP contribution in [-0.4, -0.2) is 23.8 Å². The van der Waals surface area contributed by atoms with Crippen LogP contribution in [0.3, 0.4) is 0 Å². The van der Waals surface area contributed by atoms with Crippen LogP contribution >= 0.6 is 23.2 Å². The van der Waals surface area contributed by atoms with Crippen molar-refractivity contribution in [2.24, 2.45) is 0 Å². The summed E-state index contributed by atoms with van der Waals surface area (Å²) in [5.74, 6) is 1.36. The molecule has 0 saturated heterocycles. The van der Waals surface area contributed by atoms with Crippen molar-refractivity contribution in [2.45, 2.75) is 33.9 Å². The first-order valence-electron chi connectivity index (χ1n) is 9.23. The Morgan fingerprint density at radius 1 is 1.14 bits per heavy atom. The Hall–Kier alpha value is -2.24. The summed E-state index contributed by atoms with van der Waals surface area (Å²) in [5.41, 5.74) is 2.58. The minimum Gasteiger partial charge on any atom is -0.488 e. The van der Waals surface area contributed by atoms with Gasteiger partial charge in [0.25, 0.3) is 5.82 Å². The van der Waals surface area contributed by atoms with Crippen LogP contribution in [0.15, 0.2) is 36.4 Å². The number of aromatic nitrogens is 2. The Balaban J connectivity index is 1.89. The molecular formula is C21H23Cl2N2O3+. The van der Waals surface area contributed by atoms with E-state index in [1.807, 2.05) is 12.1 Å². The molecule has 0 saturated carbocycles. The molecule has 0 aliphatic heterocycles. The average Bonchev–Trinajstić information content (AvgIpc) is 2.94. The third-order valence-corrected chi connectivity index (χ3v) is 5.16. The van der Waals surface area contributed by atoms with Crippen molar-refractivity contribution >= 4 is 40.2 Å². The van der Waals surface area contributed by atoms with E-state index in [0.717, 1.165) is 23.4 Å². The number of nitrogens with zero attached hydrogens (tertiary/aromatic N) is 2. The molecule has 0 amide bonds. The van der Waals surface area contributed by atoms with Gasteiger partial charge in [0.2, 0.25) is 0 Å². The molecule has 0 radical (unpaired) electrons. The highest BCUT2D eigenvalue weighted by molar-refractivity contribution is 6.35. The zero-order valence-corrected chi connectivity index (χ0v) is 17.7. The summed E-state index contributed by atoms with van der Waals surface area (Å²) in [7, 11) is 0. The number of fused-ring (bicyclic) bond motifs is 1. The molecule has 1 heterocycles. The summed E-state index contributed by atoms with van der Waals surface area (Å²) in [6.45, 7) is 8.18. The molecule has 0 aliphatic carbocycles. The normalized spacial score (nSPS) is 11.0. The van der Waals surface area contributed by atoms with Gasteiger partial charge in [-0.25, -0.2) is 13.9 Å². The Labute approximate surface area is 174 Å². The second-order valence-electron chi connectivity index (χ2n) is 6.29. The lowest BCUT2D eigenvalue weighted by molar-refractivity contribution is -0.675. The minimum absolute atomic E-state index is 0.318. The van der Waals surface area contributed by atoms with Gasteiger partial charge in [-0.15, -0.1) is 0 Å². The predicted molar refractivity (Wildman–Crippen MR) is 110 cm³/mol. The smallest absolute Gasteiger partial charge is 0.338 e. The summed E-state index contributed by atoms with van der Waals surface area (Å²) in [4.78, 5) is 12.1. The molecule has 0 bridgehead atoms. The van der Waals surface area contributed by atoms with Gasteiger partial charge < -0.3 is 9.47 Å². The maximum absolute atomic E-state index is 12.1. The van der Waals surface area contributed by atoms with Gasteiger partial charge in [0.15, 0.2) is 11.0 Å². The summed E-state index contributed by atoms with van der Waals surface area (Å²) < 4.78 is 15.3. The van der Waals surface area contributed by atoms with Gasteiger partial charge in [-0.1, -0.05) is 23.2 Å². The second kappa shape index (κ2) is 8.84. The number of benzene rings is 2. The largest absolute Gasteiger partial charge is 0.488 e. The Kier molecular flexibility index (Phi) is 6.47. The molecule has 1 aromatic heterocycles. The van der Waals surface area contributed by atoms with Crippen molar-refractivity contribution < 1.29 is 18.8 Å². The van der Waals surface area contributed by atoms with Crippen molar-refractivity contribution in [1.29, 1.82) is 0 Å². The summed E-state index contributed by atoms with van der Waals surface area (Å²) in [6.07, 6.45) is 0. The van der Waals surface area contributed by atoms with Crippen molar-refractivity contribution in [2.75, 3.05) is 13.2 Å². The van der Waals surface area contributed by atoms with E-state index in [0.29, 0.717) is 41.1 Å². The zero-order valence-electron chi connectivity index (χ0n) is 16.2. The van der Waals surface area contributed by atoms with Crippen molar-refractivity contribution in [1.82, 2.24) is 4.57 Å². The first kappa shape index (κ1) is 20.5. The molecule has 0 atom stereocenters. The number of halogens is 2. The van der Waals surface area contributed by atoms with Crippen molar-refractivity contribution in [3.8, 4) is 5.75 Å². The van der Waals surface area contributed by atoms with E-state index in [1.54, 1.807) is 31.2 Å². The van der Waals surface area contributed by atoms with Crippen LogP contribution in [0.25, 0.3) is 11.0 Å². The van der Waals surface area contributed by atoms with Crippen molar-refractivity contribution in [3.05, 3.63) is 57.8 Å². The Morgan fingerprint density at radius 2 is 1.93 bits per heavy atom. The maximum Gasteiger partial charge on any atom is 0.338 e. The fraction of sp³-hybridized carbons (Fsp3) is 0.333. The number of hydrogen-bond acceptors (Lipinski definition) is 3. The fourth-order valence-electron chi connectivity index (χ4n) is 3.32. The van der Waals surface area contributed by atoms with Crippen LogP contribution in [0.2, 0.25) is 10.0 Å². The molecule has 148 valence electrons. The topological polar surface area (TPSA) is 44.3 Å². The molecule has 0 spiro atoms. The Bertz CT molecular complexity index is 1010. The average molecular weight is 422 g/mol. The highest BCUT2D eigenvalue weighted by atomic mass is 35.5. The van der Waals surface area contributed by atoms with Crippen LogP contribution < -0.4 is 9.30 Å². The molecule has 3 rings (SSSR count). The lowest BCUT2D eigenvalue weighted by Gasteiger charge is -2.08. The van der Waals surface area contributed by atoms with Crippen LogP contribution in [-0.2, 0) is 17.8 Å². The number of imidazole rings is 1. The van der Waals surface area contributed by atoms with Gasteiger partial charge >= 0.3 is 5.97 Å². The molecule has 28 heavy (non-hydrogen) atoms. The monoisotopic (exact) mass is 421 g/mol. The van der Waals surface area contributed by atoms with E-state index in [2.05, 4.69) is 23.0 Å². The number of hydrogen-bond donors (Lipinski definition) is 0. The predicted octanol–water partition coefficient (Wildman–Crippen LogP) is 4.82. The van der Waals surface area contributed by atoms with Crippen LogP contribution in [0, 0.1) is 6.92 Å². The summed E-state index contributed by atoms with van der Waals surface area (Å²) >= 11 is 12.1. The third kappa shape index (κ3) is 4.10. The summed E-state index contributed by atoms with van der Waals surface area (Å²) in [6, 6.07) is 10.8. The fourth-order valence-corrected chi connectivity index (χ4v) is 3.79. The molecule has 3 aromatic rings. The maximum atomic E-state index is 12.1. The Morgan fingerprint density at radius 3 is 2.61 bits per heavy atom. The zero-order chi connectivity index (χ0) is 20.3. The van der Waals surface area contributed by atoms with E-state index in [4.69, 9.17) is 32.7 Å². The molecule has 7 heteroatoms. The van der Waals surface area contributed by atoms with Crippen LogP contribution in [0.5, 0.6) is 5.75 Å². The van der Waals surface area contributed by atoms with E-state index < -0.39 is 0 Å². The number of rotatable bonds is 7. The third-order valence-electron chi connectivity index (χ3n) is 4.63. The SMILES string of the molecule is CCOC(=O)c1ccc2c(c1)n(CCOc1ccc(Cl)cc1Cl)c(C)[n+]2CC. The van der Waals surface area contributed by atoms with Crippen molar-refractivity contribution in [3.63, 3.8) is 0 Å². The standard InChI is InChI=1S/C21H23Cl2N2O3/c1-4-24-14(3)25(10-11-28-20-9-7-16(22)13-17(20)23)19-12-15(6-8-18(19)24)21(26)27-5-2/h6-9,12-13H,4-5,10-11H2,1-3H3/q+1.